The van der Waals surface area contributed by atoms with Crippen LogP contribution in [0.3, 0.4) is 0 Å². The van der Waals surface area contributed by atoms with Crippen molar-refractivity contribution in [1.29, 1.82) is 0 Å². The van der Waals surface area contributed by atoms with E-state index in [2.05, 4.69) is 32.7 Å². The highest BCUT2D eigenvalue weighted by Gasteiger charge is 2.23. The van der Waals surface area contributed by atoms with Gasteiger partial charge in [-0.15, -0.1) is 0 Å². The summed E-state index contributed by atoms with van der Waals surface area (Å²) >= 11 is 1.36. The fourth-order valence-corrected chi connectivity index (χ4v) is 3.80. The summed E-state index contributed by atoms with van der Waals surface area (Å²) < 4.78 is 0. The maximum absolute atomic E-state index is 12.4. The minimum absolute atomic E-state index is 0.0972. The van der Waals surface area contributed by atoms with Crippen LogP contribution in [0, 0.1) is 6.92 Å². The van der Waals surface area contributed by atoms with E-state index in [-0.39, 0.29) is 17.6 Å². The van der Waals surface area contributed by atoms with E-state index in [1.807, 2.05) is 25.1 Å². The molecule has 0 spiro atoms. The fraction of sp³-hybridized carbons (Fsp3) is 0.261. The lowest BCUT2D eigenvalue weighted by Gasteiger charge is -2.07. The van der Waals surface area contributed by atoms with Crippen LogP contribution < -0.4 is 10.6 Å². The Bertz CT molecular complexity index is 1040. The van der Waals surface area contributed by atoms with Crippen molar-refractivity contribution in [3.63, 3.8) is 0 Å². The maximum atomic E-state index is 12.4. The number of aromatic amines is 1. The molecule has 0 unspecified atom stereocenters. The van der Waals surface area contributed by atoms with Crippen LogP contribution in [0.4, 0.5) is 5.69 Å². The summed E-state index contributed by atoms with van der Waals surface area (Å²) in [6.07, 6.45) is 2.84. The summed E-state index contributed by atoms with van der Waals surface area (Å²) in [6.45, 7) is 1.99. The summed E-state index contributed by atoms with van der Waals surface area (Å²) in [5.41, 5.74) is 4.37. The molecule has 0 radical (unpaired) electrons. The Hall–Kier alpha value is -3.06. The van der Waals surface area contributed by atoms with E-state index in [4.69, 9.17) is 0 Å². The van der Waals surface area contributed by atoms with Crippen molar-refractivity contribution in [1.82, 2.24) is 15.3 Å². The SMILES string of the molecule is Cc1[nH]c(SCC(=O)Nc2cccc(C(=O)NC3CC3)c2)nc1Cc1ccccc1. The summed E-state index contributed by atoms with van der Waals surface area (Å²) in [5, 5.41) is 6.54. The molecule has 4 rings (SSSR count). The number of thioether (sulfide) groups is 1. The Labute approximate surface area is 179 Å². The van der Waals surface area contributed by atoms with Crippen molar-refractivity contribution in [2.75, 3.05) is 11.1 Å². The molecule has 0 saturated heterocycles. The number of carbonyl (C=O) groups excluding carboxylic acids is 2. The first-order valence-electron chi connectivity index (χ1n) is 10.00. The van der Waals surface area contributed by atoms with Crippen LogP contribution in [0.25, 0.3) is 0 Å². The van der Waals surface area contributed by atoms with Gasteiger partial charge in [0.15, 0.2) is 5.16 Å². The maximum Gasteiger partial charge on any atom is 0.251 e. The van der Waals surface area contributed by atoms with Crippen LogP contribution >= 0.6 is 11.8 Å². The fourth-order valence-electron chi connectivity index (χ4n) is 3.06. The normalized spacial score (nSPS) is 13.1. The quantitative estimate of drug-likeness (QED) is 0.482. The van der Waals surface area contributed by atoms with Crippen LogP contribution in [0.15, 0.2) is 59.8 Å². The van der Waals surface area contributed by atoms with E-state index in [1.54, 1.807) is 24.3 Å². The second-order valence-corrected chi connectivity index (χ2v) is 8.41. The summed E-state index contributed by atoms with van der Waals surface area (Å²) in [5.74, 6) is -0.00523. The minimum atomic E-state index is -0.140. The van der Waals surface area contributed by atoms with Gasteiger partial charge < -0.3 is 15.6 Å². The number of aromatic nitrogens is 2. The number of nitrogens with zero attached hydrogens (tertiary/aromatic N) is 1. The third-order valence-electron chi connectivity index (χ3n) is 4.84. The number of carbonyl (C=O) groups is 2. The highest BCUT2D eigenvalue weighted by Crippen LogP contribution is 2.21. The van der Waals surface area contributed by atoms with Gasteiger partial charge in [-0.05, 0) is 43.5 Å². The van der Waals surface area contributed by atoms with Gasteiger partial charge in [0.05, 0.1) is 11.4 Å². The molecule has 0 aliphatic heterocycles. The molecule has 1 heterocycles. The summed E-state index contributed by atoms with van der Waals surface area (Å²) in [4.78, 5) is 32.4. The standard InChI is InChI=1S/C23H24N4O2S/c1-15-20(12-16-6-3-2-4-7-16)27-23(24-15)30-14-21(28)25-19-9-5-8-17(13-19)22(29)26-18-10-11-18/h2-9,13,18H,10-12,14H2,1H3,(H,24,27)(H,25,28)(H,26,29). The Morgan fingerprint density at radius 2 is 1.93 bits per heavy atom. The van der Waals surface area contributed by atoms with E-state index in [9.17, 15) is 9.59 Å². The molecule has 30 heavy (non-hydrogen) atoms. The van der Waals surface area contributed by atoms with Crippen molar-refractivity contribution in [2.24, 2.45) is 0 Å². The van der Waals surface area contributed by atoms with Crippen molar-refractivity contribution in [3.05, 3.63) is 77.1 Å². The molecule has 2 amide bonds. The third kappa shape index (κ3) is 5.51. The zero-order valence-corrected chi connectivity index (χ0v) is 17.6. The lowest BCUT2D eigenvalue weighted by atomic mass is 10.1. The van der Waals surface area contributed by atoms with Crippen LogP contribution in [0.5, 0.6) is 0 Å². The first kappa shape index (κ1) is 20.2. The van der Waals surface area contributed by atoms with Gasteiger partial charge in [0.2, 0.25) is 5.91 Å². The topological polar surface area (TPSA) is 86.9 Å². The average Bonchev–Trinajstić information content (AvgIpc) is 3.49. The van der Waals surface area contributed by atoms with Gasteiger partial charge in [-0.25, -0.2) is 4.98 Å². The number of benzene rings is 2. The van der Waals surface area contributed by atoms with Gasteiger partial charge in [-0.2, -0.15) is 0 Å². The second kappa shape index (κ2) is 9.17. The van der Waals surface area contributed by atoms with E-state index < -0.39 is 0 Å². The van der Waals surface area contributed by atoms with Crippen LogP contribution in [-0.4, -0.2) is 33.6 Å². The molecule has 2 aromatic carbocycles. The van der Waals surface area contributed by atoms with Crippen LogP contribution in [-0.2, 0) is 11.2 Å². The number of nitrogens with one attached hydrogen (secondary N) is 3. The number of rotatable bonds is 8. The number of hydrogen-bond donors (Lipinski definition) is 3. The van der Waals surface area contributed by atoms with Gasteiger partial charge in [0, 0.05) is 29.4 Å². The Morgan fingerprint density at radius 3 is 2.70 bits per heavy atom. The number of aryl methyl sites for hydroxylation is 1. The van der Waals surface area contributed by atoms with Gasteiger partial charge in [0.25, 0.3) is 5.91 Å². The predicted molar refractivity (Wildman–Crippen MR) is 119 cm³/mol. The Kier molecular flexibility index (Phi) is 6.18. The molecule has 1 aliphatic rings. The number of H-pyrrole nitrogens is 1. The molecule has 0 atom stereocenters. The highest BCUT2D eigenvalue weighted by atomic mass is 32.2. The van der Waals surface area contributed by atoms with Crippen molar-refractivity contribution < 1.29 is 9.59 Å². The van der Waals surface area contributed by atoms with Gasteiger partial charge in [-0.3, -0.25) is 9.59 Å². The van der Waals surface area contributed by atoms with Gasteiger partial charge >= 0.3 is 0 Å². The monoisotopic (exact) mass is 420 g/mol. The first-order chi connectivity index (χ1) is 14.6. The molecule has 1 aliphatic carbocycles. The molecule has 3 N–H and O–H groups in total. The number of amides is 2. The van der Waals surface area contributed by atoms with Crippen molar-refractivity contribution >= 4 is 29.3 Å². The van der Waals surface area contributed by atoms with E-state index in [0.29, 0.717) is 17.3 Å². The molecule has 154 valence electrons. The molecule has 7 heteroatoms. The molecule has 6 nitrogen and oxygen atoms in total. The summed E-state index contributed by atoms with van der Waals surface area (Å²) in [6, 6.07) is 17.5. The predicted octanol–water partition coefficient (Wildman–Crippen LogP) is 3.93. The van der Waals surface area contributed by atoms with Crippen LogP contribution in [0.1, 0.15) is 40.2 Å². The molecule has 1 fully saturated rings. The van der Waals surface area contributed by atoms with Gasteiger partial charge in [0.1, 0.15) is 0 Å². The number of imidazole rings is 1. The zero-order chi connectivity index (χ0) is 20.9. The number of anilines is 1. The Morgan fingerprint density at radius 1 is 1.13 bits per heavy atom. The number of hydrogen-bond acceptors (Lipinski definition) is 4. The van der Waals surface area contributed by atoms with Crippen LogP contribution in [0.2, 0.25) is 0 Å². The lowest BCUT2D eigenvalue weighted by molar-refractivity contribution is -0.113. The highest BCUT2D eigenvalue weighted by molar-refractivity contribution is 7.99. The molecular formula is C23H24N4O2S. The average molecular weight is 421 g/mol. The Balaban J connectivity index is 1.31. The molecule has 1 saturated carbocycles. The lowest BCUT2D eigenvalue weighted by Crippen LogP contribution is -2.25. The van der Waals surface area contributed by atoms with Crippen molar-refractivity contribution in [2.45, 2.75) is 37.4 Å². The van der Waals surface area contributed by atoms with Gasteiger partial charge in [-0.1, -0.05) is 48.2 Å². The third-order valence-corrected chi connectivity index (χ3v) is 5.71. The molecule has 3 aromatic rings. The smallest absolute Gasteiger partial charge is 0.251 e. The molecule has 0 bridgehead atoms. The van der Waals surface area contributed by atoms with Crippen molar-refractivity contribution in [3.8, 4) is 0 Å². The van der Waals surface area contributed by atoms with E-state index in [1.165, 1.54) is 17.3 Å². The van der Waals surface area contributed by atoms with E-state index in [0.717, 1.165) is 35.8 Å². The molecule has 1 aromatic heterocycles. The largest absolute Gasteiger partial charge is 0.349 e. The minimum Gasteiger partial charge on any atom is -0.349 e. The zero-order valence-electron chi connectivity index (χ0n) is 16.8. The second-order valence-electron chi connectivity index (χ2n) is 7.44. The molecular weight excluding hydrogens is 396 g/mol. The van der Waals surface area contributed by atoms with E-state index >= 15 is 0 Å². The first-order valence-corrected chi connectivity index (χ1v) is 11.0. The summed E-state index contributed by atoms with van der Waals surface area (Å²) in [7, 11) is 0.